The SMILES string of the molecule is COC(=O)c1sc(N2C(=O)c3oc4ccc(F)cc4c(=O)c3C2c2ccc(O)cc2)nc1C. The van der Waals surface area contributed by atoms with Gasteiger partial charge in [0.1, 0.15) is 22.0 Å². The fraction of sp³-hybridized carbons (Fsp3) is 0.130. The second kappa shape index (κ2) is 7.52. The van der Waals surface area contributed by atoms with Crippen LogP contribution in [0.15, 0.2) is 51.7 Å². The number of phenolic OH excluding ortho intramolecular Hbond substituents is 1. The number of rotatable bonds is 3. The number of carbonyl (C=O) groups is 2. The molecular formula is C23H15FN2O6S. The van der Waals surface area contributed by atoms with Gasteiger partial charge in [0.05, 0.1) is 29.8 Å². The van der Waals surface area contributed by atoms with Crippen molar-refractivity contribution < 1.29 is 28.2 Å². The summed E-state index contributed by atoms with van der Waals surface area (Å²) >= 11 is 0.944. The minimum absolute atomic E-state index is 0.000495. The van der Waals surface area contributed by atoms with Gasteiger partial charge in [-0.3, -0.25) is 14.5 Å². The number of fused-ring (bicyclic) bond motifs is 2. The molecule has 1 N–H and O–H groups in total. The molecule has 5 rings (SSSR count). The number of aromatic nitrogens is 1. The van der Waals surface area contributed by atoms with Crippen LogP contribution in [0, 0.1) is 12.7 Å². The van der Waals surface area contributed by atoms with Gasteiger partial charge in [0, 0.05) is 0 Å². The lowest BCUT2D eigenvalue weighted by Gasteiger charge is -2.22. The summed E-state index contributed by atoms with van der Waals surface area (Å²) in [7, 11) is 1.24. The van der Waals surface area contributed by atoms with Gasteiger partial charge in [0.25, 0.3) is 5.91 Å². The molecule has 0 saturated carbocycles. The Morgan fingerprint density at radius 3 is 2.64 bits per heavy atom. The van der Waals surface area contributed by atoms with Crippen LogP contribution in [0.3, 0.4) is 0 Å². The first-order valence-corrected chi connectivity index (χ1v) is 10.6. The Morgan fingerprint density at radius 1 is 1.21 bits per heavy atom. The second-order valence-electron chi connectivity index (χ2n) is 7.39. The number of aromatic hydroxyl groups is 1. The molecule has 0 radical (unpaired) electrons. The van der Waals surface area contributed by atoms with Crippen LogP contribution in [0.1, 0.15) is 43.1 Å². The third-order valence-electron chi connectivity index (χ3n) is 5.40. The zero-order valence-electron chi connectivity index (χ0n) is 17.3. The van der Waals surface area contributed by atoms with E-state index in [0.717, 1.165) is 23.5 Å². The van der Waals surface area contributed by atoms with E-state index in [9.17, 15) is 23.9 Å². The van der Waals surface area contributed by atoms with Crippen LogP contribution in [0.5, 0.6) is 5.75 Å². The van der Waals surface area contributed by atoms with Crippen molar-refractivity contribution >= 4 is 39.3 Å². The van der Waals surface area contributed by atoms with Crippen LogP contribution < -0.4 is 10.3 Å². The van der Waals surface area contributed by atoms with E-state index in [4.69, 9.17) is 9.15 Å². The molecule has 3 heterocycles. The first-order valence-electron chi connectivity index (χ1n) is 9.74. The summed E-state index contributed by atoms with van der Waals surface area (Å²) in [6.45, 7) is 1.61. The maximum atomic E-state index is 13.9. The Kier molecular flexibility index (Phi) is 4.75. The third kappa shape index (κ3) is 3.18. The van der Waals surface area contributed by atoms with Crippen molar-refractivity contribution in [2.24, 2.45) is 0 Å². The first kappa shape index (κ1) is 20.8. The summed E-state index contributed by atoms with van der Waals surface area (Å²) in [4.78, 5) is 44.9. The molecule has 2 aromatic carbocycles. The summed E-state index contributed by atoms with van der Waals surface area (Å²) in [6.07, 6.45) is 0. The van der Waals surface area contributed by atoms with Gasteiger partial charge in [-0.1, -0.05) is 23.5 Å². The molecule has 0 aliphatic carbocycles. The number of ether oxygens (including phenoxy) is 1. The second-order valence-corrected chi connectivity index (χ2v) is 8.36. The molecular weight excluding hydrogens is 451 g/mol. The lowest BCUT2D eigenvalue weighted by atomic mass is 9.98. The highest BCUT2D eigenvalue weighted by Gasteiger charge is 2.45. The van der Waals surface area contributed by atoms with Crippen LogP contribution in [0.25, 0.3) is 11.0 Å². The van der Waals surface area contributed by atoms with E-state index >= 15 is 0 Å². The van der Waals surface area contributed by atoms with Crippen molar-refractivity contribution in [2.45, 2.75) is 13.0 Å². The Balaban J connectivity index is 1.78. The van der Waals surface area contributed by atoms with E-state index in [1.165, 1.54) is 30.2 Å². The molecule has 2 aromatic heterocycles. The van der Waals surface area contributed by atoms with E-state index in [0.29, 0.717) is 11.3 Å². The van der Waals surface area contributed by atoms with Gasteiger partial charge in [-0.25, -0.2) is 14.2 Å². The molecule has 1 unspecified atom stereocenters. The van der Waals surface area contributed by atoms with Crippen molar-refractivity contribution in [1.29, 1.82) is 0 Å². The molecule has 1 atom stereocenters. The number of hydrogen-bond donors (Lipinski definition) is 1. The number of carbonyl (C=O) groups excluding carboxylic acids is 2. The molecule has 33 heavy (non-hydrogen) atoms. The van der Waals surface area contributed by atoms with Crippen LogP contribution in [-0.2, 0) is 4.74 Å². The molecule has 8 nitrogen and oxygen atoms in total. The molecule has 10 heteroatoms. The molecule has 0 saturated heterocycles. The number of esters is 1. The summed E-state index contributed by atoms with van der Waals surface area (Å²) < 4.78 is 24.4. The quantitative estimate of drug-likeness (QED) is 0.456. The van der Waals surface area contributed by atoms with Gasteiger partial charge in [0.15, 0.2) is 10.6 Å². The topological polar surface area (TPSA) is 110 Å². The van der Waals surface area contributed by atoms with Crippen LogP contribution in [0.2, 0.25) is 0 Å². The van der Waals surface area contributed by atoms with Crippen molar-refractivity contribution in [3.63, 3.8) is 0 Å². The molecule has 1 aliphatic heterocycles. The largest absolute Gasteiger partial charge is 0.508 e. The zero-order valence-corrected chi connectivity index (χ0v) is 18.1. The summed E-state index contributed by atoms with van der Waals surface area (Å²) in [5, 5.41) is 9.88. The van der Waals surface area contributed by atoms with Crippen LogP contribution in [0.4, 0.5) is 9.52 Å². The Morgan fingerprint density at radius 2 is 1.94 bits per heavy atom. The maximum Gasteiger partial charge on any atom is 0.350 e. The lowest BCUT2D eigenvalue weighted by Crippen LogP contribution is -2.29. The minimum atomic E-state index is -0.965. The average Bonchev–Trinajstić information content (AvgIpc) is 3.32. The van der Waals surface area contributed by atoms with Crippen molar-refractivity contribution in [2.75, 3.05) is 12.0 Å². The van der Waals surface area contributed by atoms with Crippen molar-refractivity contribution in [3.8, 4) is 5.75 Å². The average molecular weight is 466 g/mol. The number of thiazole rings is 1. The van der Waals surface area contributed by atoms with Gasteiger partial charge in [-0.15, -0.1) is 0 Å². The van der Waals surface area contributed by atoms with Crippen LogP contribution in [-0.4, -0.2) is 29.1 Å². The minimum Gasteiger partial charge on any atom is -0.508 e. The number of anilines is 1. The van der Waals surface area contributed by atoms with Gasteiger partial charge < -0.3 is 14.3 Å². The van der Waals surface area contributed by atoms with Crippen LogP contribution >= 0.6 is 11.3 Å². The molecule has 0 fully saturated rings. The number of halogens is 1. The van der Waals surface area contributed by atoms with Crippen molar-refractivity contribution in [1.82, 2.24) is 4.98 Å². The van der Waals surface area contributed by atoms with Gasteiger partial charge in [-0.05, 0) is 42.8 Å². The van der Waals surface area contributed by atoms with E-state index < -0.39 is 29.2 Å². The zero-order chi connectivity index (χ0) is 23.4. The predicted octanol–water partition coefficient (Wildman–Crippen LogP) is 3.94. The normalized spacial score (nSPS) is 15.2. The monoisotopic (exact) mass is 466 g/mol. The number of phenols is 1. The Labute approximate surface area is 189 Å². The molecule has 0 bridgehead atoms. The third-order valence-corrected chi connectivity index (χ3v) is 6.54. The standard InChI is InChI=1S/C23H15FN2O6S/c1-10-20(22(30)31-2)33-23(25-10)26-17(11-3-6-13(27)7-4-11)16-18(28)14-9-12(24)5-8-15(14)32-19(16)21(26)29/h3-9,17,27H,1-2H3. The molecule has 4 aromatic rings. The number of amides is 1. The molecule has 1 amide bonds. The summed E-state index contributed by atoms with van der Waals surface area (Å²) in [6, 6.07) is 8.49. The predicted molar refractivity (Wildman–Crippen MR) is 117 cm³/mol. The summed E-state index contributed by atoms with van der Waals surface area (Å²) in [5.41, 5.74) is 0.403. The van der Waals surface area contributed by atoms with Gasteiger partial charge in [0.2, 0.25) is 5.76 Å². The maximum absolute atomic E-state index is 13.9. The lowest BCUT2D eigenvalue weighted by molar-refractivity contribution is 0.0605. The highest BCUT2D eigenvalue weighted by molar-refractivity contribution is 7.17. The fourth-order valence-corrected chi connectivity index (χ4v) is 4.89. The highest BCUT2D eigenvalue weighted by atomic mass is 32.1. The Bertz CT molecular complexity index is 1510. The number of hydrogen-bond acceptors (Lipinski definition) is 8. The summed E-state index contributed by atoms with van der Waals surface area (Å²) in [5.74, 6) is -2.03. The molecule has 1 aliphatic rings. The number of nitrogens with zero attached hydrogens (tertiary/aromatic N) is 2. The van der Waals surface area contributed by atoms with Crippen molar-refractivity contribution in [3.05, 3.63) is 86.0 Å². The number of benzene rings is 2. The van der Waals surface area contributed by atoms with E-state index in [1.807, 2.05) is 0 Å². The number of aryl methyl sites for hydroxylation is 1. The highest BCUT2D eigenvalue weighted by Crippen LogP contribution is 2.43. The smallest absolute Gasteiger partial charge is 0.350 e. The van der Waals surface area contributed by atoms with Gasteiger partial charge >= 0.3 is 5.97 Å². The molecule has 0 spiro atoms. The van der Waals surface area contributed by atoms with Gasteiger partial charge in [-0.2, -0.15) is 0 Å². The fourth-order valence-electron chi connectivity index (χ4n) is 3.88. The molecule has 166 valence electrons. The van der Waals surface area contributed by atoms with E-state index in [2.05, 4.69) is 4.98 Å². The Hall–Kier alpha value is -4.05. The number of methoxy groups -OCH3 is 1. The first-order chi connectivity index (χ1) is 15.8. The van der Waals surface area contributed by atoms with E-state index in [-0.39, 0.29) is 38.1 Å². The van der Waals surface area contributed by atoms with E-state index in [1.54, 1.807) is 19.1 Å².